The zero-order chi connectivity index (χ0) is 12.1. The van der Waals surface area contributed by atoms with E-state index in [1.807, 2.05) is 0 Å². The zero-order valence-corrected chi connectivity index (χ0v) is 10.8. The molecule has 0 radical (unpaired) electrons. The Morgan fingerprint density at radius 3 is 2.62 bits per heavy atom. The van der Waals surface area contributed by atoms with Crippen molar-refractivity contribution in [1.29, 1.82) is 0 Å². The summed E-state index contributed by atoms with van der Waals surface area (Å²) < 4.78 is 0. The molecule has 16 heavy (non-hydrogen) atoms. The summed E-state index contributed by atoms with van der Waals surface area (Å²) in [6.07, 6.45) is 4.30. The van der Waals surface area contributed by atoms with Crippen LogP contribution < -0.4 is 0 Å². The van der Waals surface area contributed by atoms with E-state index >= 15 is 0 Å². The Morgan fingerprint density at radius 1 is 1.38 bits per heavy atom. The number of carboxylic acids is 1. The maximum atomic E-state index is 11.0. The van der Waals surface area contributed by atoms with Crippen molar-refractivity contribution in [2.75, 3.05) is 13.1 Å². The Morgan fingerprint density at radius 2 is 2.06 bits per heavy atom. The van der Waals surface area contributed by atoms with Gasteiger partial charge in [0.25, 0.3) is 0 Å². The predicted octanol–water partition coefficient (Wildman–Crippen LogP) is 2.61. The van der Waals surface area contributed by atoms with Gasteiger partial charge >= 0.3 is 5.97 Å². The third-order valence-electron chi connectivity index (χ3n) is 3.59. The van der Waals surface area contributed by atoms with Gasteiger partial charge in [0.1, 0.15) is 0 Å². The number of rotatable bonds is 5. The van der Waals surface area contributed by atoms with E-state index in [0.29, 0.717) is 6.04 Å². The molecule has 1 fully saturated rings. The van der Waals surface area contributed by atoms with Crippen LogP contribution in [0.2, 0.25) is 0 Å². The first-order chi connectivity index (χ1) is 7.50. The fourth-order valence-corrected chi connectivity index (χ4v) is 2.37. The van der Waals surface area contributed by atoms with Crippen LogP contribution in [0.1, 0.15) is 46.5 Å². The van der Waals surface area contributed by atoms with E-state index in [0.717, 1.165) is 31.8 Å². The molecule has 0 bridgehead atoms. The average molecular weight is 227 g/mol. The summed E-state index contributed by atoms with van der Waals surface area (Å²) in [4.78, 5) is 13.3. The molecule has 2 atom stereocenters. The van der Waals surface area contributed by atoms with E-state index in [2.05, 4.69) is 25.7 Å². The molecule has 94 valence electrons. The standard InChI is InChI=1S/C13H25NO2/c1-10(2)6-7-11(3)14-8-4-5-12(9-14)13(15)16/h10-12H,4-9H2,1-3H3,(H,15,16). The van der Waals surface area contributed by atoms with Crippen LogP contribution in [0, 0.1) is 11.8 Å². The van der Waals surface area contributed by atoms with Crippen molar-refractivity contribution in [3.05, 3.63) is 0 Å². The van der Waals surface area contributed by atoms with Crippen LogP contribution in [0.15, 0.2) is 0 Å². The molecule has 1 saturated heterocycles. The zero-order valence-electron chi connectivity index (χ0n) is 10.8. The van der Waals surface area contributed by atoms with Gasteiger partial charge in [-0.05, 0) is 45.1 Å². The molecular weight excluding hydrogens is 202 g/mol. The summed E-state index contributed by atoms with van der Waals surface area (Å²) in [6, 6.07) is 0.532. The fourth-order valence-electron chi connectivity index (χ4n) is 2.37. The Bertz CT molecular complexity index is 228. The van der Waals surface area contributed by atoms with Crippen molar-refractivity contribution in [1.82, 2.24) is 4.90 Å². The molecule has 0 saturated carbocycles. The Hall–Kier alpha value is -0.570. The molecule has 0 aliphatic carbocycles. The SMILES string of the molecule is CC(C)CCC(C)N1CCCC(C(=O)O)C1. The highest BCUT2D eigenvalue weighted by Gasteiger charge is 2.27. The minimum Gasteiger partial charge on any atom is -0.481 e. The molecule has 1 aliphatic heterocycles. The van der Waals surface area contributed by atoms with Gasteiger partial charge in [-0.3, -0.25) is 9.69 Å². The molecule has 1 N–H and O–H groups in total. The van der Waals surface area contributed by atoms with Gasteiger partial charge in [-0.25, -0.2) is 0 Å². The summed E-state index contributed by atoms with van der Waals surface area (Å²) in [6.45, 7) is 8.52. The van der Waals surface area contributed by atoms with Gasteiger partial charge in [0.05, 0.1) is 5.92 Å². The molecule has 0 aromatic carbocycles. The van der Waals surface area contributed by atoms with Gasteiger partial charge < -0.3 is 5.11 Å². The summed E-state index contributed by atoms with van der Waals surface area (Å²) in [5, 5.41) is 9.03. The second kappa shape index (κ2) is 6.24. The quantitative estimate of drug-likeness (QED) is 0.785. The number of aliphatic carboxylic acids is 1. The van der Waals surface area contributed by atoms with Gasteiger partial charge in [-0.1, -0.05) is 13.8 Å². The van der Waals surface area contributed by atoms with E-state index in [1.54, 1.807) is 0 Å². The van der Waals surface area contributed by atoms with Gasteiger partial charge in [-0.15, -0.1) is 0 Å². The van der Waals surface area contributed by atoms with Crippen molar-refractivity contribution >= 4 is 5.97 Å². The fraction of sp³-hybridized carbons (Fsp3) is 0.923. The van der Waals surface area contributed by atoms with Gasteiger partial charge in [0.15, 0.2) is 0 Å². The second-order valence-corrected chi connectivity index (χ2v) is 5.49. The molecular formula is C13H25NO2. The highest BCUT2D eigenvalue weighted by molar-refractivity contribution is 5.70. The first-order valence-corrected chi connectivity index (χ1v) is 6.47. The van der Waals surface area contributed by atoms with Gasteiger partial charge in [0.2, 0.25) is 0 Å². The number of nitrogens with zero attached hydrogens (tertiary/aromatic N) is 1. The lowest BCUT2D eigenvalue weighted by molar-refractivity contribution is -0.143. The molecule has 0 spiro atoms. The van der Waals surface area contributed by atoms with Crippen molar-refractivity contribution in [2.45, 2.75) is 52.5 Å². The van der Waals surface area contributed by atoms with Crippen LogP contribution in [0.3, 0.4) is 0 Å². The van der Waals surface area contributed by atoms with Gasteiger partial charge in [-0.2, -0.15) is 0 Å². The van der Waals surface area contributed by atoms with E-state index < -0.39 is 5.97 Å². The highest BCUT2D eigenvalue weighted by Crippen LogP contribution is 2.21. The number of piperidine rings is 1. The highest BCUT2D eigenvalue weighted by atomic mass is 16.4. The first-order valence-electron chi connectivity index (χ1n) is 6.47. The third-order valence-corrected chi connectivity index (χ3v) is 3.59. The molecule has 3 nitrogen and oxygen atoms in total. The van der Waals surface area contributed by atoms with Crippen molar-refractivity contribution in [2.24, 2.45) is 11.8 Å². The van der Waals surface area contributed by atoms with Crippen LogP contribution in [0.5, 0.6) is 0 Å². The summed E-state index contributed by atoms with van der Waals surface area (Å²) in [5.74, 6) is -0.0291. The predicted molar refractivity (Wildman–Crippen MR) is 65.5 cm³/mol. The number of carboxylic acid groups (broad SMARTS) is 1. The molecule has 1 aliphatic rings. The maximum absolute atomic E-state index is 11.0. The first kappa shape index (κ1) is 13.5. The number of hydrogen-bond acceptors (Lipinski definition) is 2. The second-order valence-electron chi connectivity index (χ2n) is 5.49. The number of likely N-dealkylation sites (tertiary alicyclic amines) is 1. The topological polar surface area (TPSA) is 40.5 Å². The normalized spacial score (nSPS) is 24.6. The molecule has 0 amide bonds. The van der Waals surface area contributed by atoms with E-state index in [4.69, 9.17) is 5.11 Å². The summed E-state index contributed by atoms with van der Waals surface area (Å²) in [5.41, 5.74) is 0. The lowest BCUT2D eigenvalue weighted by Gasteiger charge is -2.35. The van der Waals surface area contributed by atoms with Crippen molar-refractivity contribution < 1.29 is 9.90 Å². The monoisotopic (exact) mass is 227 g/mol. The van der Waals surface area contributed by atoms with Crippen molar-refractivity contribution in [3.63, 3.8) is 0 Å². The number of carbonyl (C=O) groups is 1. The summed E-state index contributed by atoms with van der Waals surface area (Å²) >= 11 is 0. The van der Waals surface area contributed by atoms with E-state index in [-0.39, 0.29) is 5.92 Å². The van der Waals surface area contributed by atoms with Gasteiger partial charge in [0, 0.05) is 12.6 Å². The van der Waals surface area contributed by atoms with E-state index in [9.17, 15) is 4.79 Å². The Balaban J connectivity index is 2.37. The maximum Gasteiger partial charge on any atom is 0.307 e. The van der Waals surface area contributed by atoms with Crippen LogP contribution in [-0.4, -0.2) is 35.1 Å². The average Bonchev–Trinajstić information content (AvgIpc) is 2.26. The van der Waals surface area contributed by atoms with Crippen LogP contribution in [0.4, 0.5) is 0 Å². The molecule has 0 aromatic heterocycles. The van der Waals surface area contributed by atoms with Crippen LogP contribution in [-0.2, 0) is 4.79 Å². The smallest absolute Gasteiger partial charge is 0.307 e. The molecule has 0 aromatic rings. The van der Waals surface area contributed by atoms with E-state index in [1.165, 1.54) is 12.8 Å². The van der Waals surface area contributed by atoms with Crippen molar-refractivity contribution in [3.8, 4) is 0 Å². The minimum atomic E-state index is -0.624. The third kappa shape index (κ3) is 4.12. The Kier molecular flexibility index (Phi) is 5.26. The van der Waals surface area contributed by atoms with Crippen LogP contribution >= 0.6 is 0 Å². The molecule has 3 heteroatoms. The molecule has 1 rings (SSSR count). The lowest BCUT2D eigenvalue weighted by atomic mass is 9.95. The minimum absolute atomic E-state index is 0.143. The largest absolute Gasteiger partial charge is 0.481 e. The van der Waals surface area contributed by atoms with Crippen LogP contribution in [0.25, 0.3) is 0 Å². The Labute approximate surface area is 98.8 Å². The lowest BCUT2D eigenvalue weighted by Crippen LogP contribution is -2.43. The molecule has 1 heterocycles. The molecule has 2 unspecified atom stereocenters. The summed E-state index contributed by atoms with van der Waals surface area (Å²) in [7, 11) is 0. The number of hydrogen-bond donors (Lipinski definition) is 1.